The molecule has 0 aliphatic rings. The minimum absolute atomic E-state index is 0.331. The second-order valence-corrected chi connectivity index (χ2v) is 7.04. The standard InChI is InChI=1S/C16H20Cl2N2S/c1-4-8-19-10(2)16-11(3)20-15(21-16)9-12-13(17)6-5-7-14(12)18/h5-7,10,19H,4,8-9H2,1-3H3. The maximum Gasteiger partial charge on any atom is 0.0976 e. The van der Waals surface area contributed by atoms with Crippen LogP contribution in [-0.2, 0) is 6.42 Å². The third-order valence-corrected chi connectivity index (χ3v) is 5.41. The van der Waals surface area contributed by atoms with Gasteiger partial charge in [-0.15, -0.1) is 11.3 Å². The van der Waals surface area contributed by atoms with Crippen LogP contribution in [-0.4, -0.2) is 11.5 Å². The largest absolute Gasteiger partial charge is 0.309 e. The van der Waals surface area contributed by atoms with Gasteiger partial charge in [0.25, 0.3) is 0 Å². The van der Waals surface area contributed by atoms with E-state index in [1.807, 2.05) is 18.2 Å². The van der Waals surface area contributed by atoms with Gasteiger partial charge in [0.15, 0.2) is 0 Å². The van der Waals surface area contributed by atoms with E-state index in [1.54, 1.807) is 11.3 Å². The Morgan fingerprint density at radius 1 is 1.29 bits per heavy atom. The number of halogens is 2. The summed E-state index contributed by atoms with van der Waals surface area (Å²) < 4.78 is 0. The summed E-state index contributed by atoms with van der Waals surface area (Å²) in [5, 5.41) is 5.97. The zero-order valence-corrected chi connectivity index (χ0v) is 14.9. The normalized spacial score (nSPS) is 12.6. The number of hydrogen-bond acceptors (Lipinski definition) is 3. The first-order valence-corrected chi connectivity index (χ1v) is 8.72. The van der Waals surface area contributed by atoms with E-state index < -0.39 is 0 Å². The highest BCUT2D eigenvalue weighted by molar-refractivity contribution is 7.11. The van der Waals surface area contributed by atoms with Crippen LogP contribution in [0.3, 0.4) is 0 Å². The van der Waals surface area contributed by atoms with Crippen molar-refractivity contribution in [2.45, 2.75) is 39.7 Å². The Morgan fingerprint density at radius 3 is 2.57 bits per heavy atom. The van der Waals surface area contributed by atoms with Crippen molar-refractivity contribution in [3.63, 3.8) is 0 Å². The molecule has 114 valence electrons. The molecule has 1 atom stereocenters. The second-order valence-electron chi connectivity index (χ2n) is 5.11. The van der Waals surface area contributed by atoms with Crippen molar-refractivity contribution < 1.29 is 0 Å². The molecule has 1 N–H and O–H groups in total. The van der Waals surface area contributed by atoms with Crippen LogP contribution in [0.25, 0.3) is 0 Å². The van der Waals surface area contributed by atoms with Crippen LogP contribution in [0.2, 0.25) is 10.0 Å². The Kier molecular flexibility index (Phi) is 6.06. The number of aryl methyl sites for hydroxylation is 1. The molecule has 0 aliphatic heterocycles. The molecule has 0 saturated heterocycles. The number of aromatic nitrogens is 1. The molecule has 0 amide bonds. The van der Waals surface area contributed by atoms with E-state index in [4.69, 9.17) is 23.2 Å². The minimum Gasteiger partial charge on any atom is -0.309 e. The number of hydrogen-bond donors (Lipinski definition) is 1. The van der Waals surface area contributed by atoms with Crippen LogP contribution in [0.15, 0.2) is 18.2 Å². The molecule has 0 fully saturated rings. The second kappa shape index (κ2) is 7.59. The van der Waals surface area contributed by atoms with E-state index in [0.717, 1.165) is 29.2 Å². The van der Waals surface area contributed by atoms with Crippen molar-refractivity contribution in [1.29, 1.82) is 0 Å². The molecule has 2 nitrogen and oxygen atoms in total. The highest BCUT2D eigenvalue weighted by Crippen LogP contribution is 2.31. The lowest BCUT2D eigenvalue weighted by molar-refractivity contribution is 0.575. The summed E-state index contributed by atoms with van der Waals surface area (Å²) in [6, 6.07) is 5.94. The highest BCUT2D eigenvalue weighted by atomic mass is 35.5. The smallest absolute Gasteiger partial charge is 0.0976 e. The zero-order chi connectivity index (χ0) is 15.4. The topological polar surface area (TPSA) is 24.9 Å². The number of nitrogens with one attached hydrogen (secondary N) is 1. The van der Waals surface area contributed by atoms with Gasteiger partial charge in [-0.1, -0.05) is 36.2 Å². The molecule has 1 aromatic heterocycles. The van der Waals surface area contributed by atoms with Crippen molar-refractivity contribution >= 4 is 34.5 Å². The van der Waals surface area contributed by atoms with Crippen LogP contribution < -0.4 is 5.32 Å². The maximum atomic E-state index is 6.24. The SMILES string of the molecule is CCCNC(C)c1sc(Cc2c(Cl)cccc2Cl)nc1C. The molecule has 5 heteroatoms. The van der Waals surface area contributed by atoms with Crippen molar-refractivity contribution in [3.8, 4) is 0 Å². The molecule has 21 heavy (non-hydrogen) atoms. The summed E-state index contributed by atoms with van der Waals surface area (Å²) >= 11 is 14.2. The Labute approximate surface area is 140 Å². The predicted molar refractivity (Wildman–Crippen MR) is 92.8 cm³/mol. The lowest BCUT2D eigenvalue weighted by Gasteiger charge is -2.11. The summed E-state index contributed by atoms with van der Waals surface area (Å²) in [5.41, 5.74) is 2.05. The van der Waals surface area contributed by atoms with E-state index >= 15 is 0 Å². The van der Waals surface area contributed by atoms with E-state index in [2.05, 4.69) is 31.1 Å². The van der Waals surface area contributed by atoms with Crippen molar-refractivity contribution in [2.24, 2.45) is 0 Å². The van der Waals surface area contributed by atoms with Crippen LogP contribution in [0.1, 0.15) is 47.5 Å². The van der Waals surface area contributed by atoms with Crippen LogP contribution in [0, 0.1) is 6.92 Å². The lowest BCUT2D eigenvalue weighted by atomic mass is 10.1. The number of rotatable bonds is 6. The summed E-state index contributed by atoms with van der Waals surface area (Å²) in [5.74, 6) is 0. The third kappa shape index (κ3) is 4.19. The first-order chi connectivity index (χ1) is 10.0. The van der Waals surface area contributed by atoms with Gasteiger partial charge in [0.2, 0.25) is 0 Å². The van der Waals surface area contributed by atoms with E-state index in [9.17, 15) is 0 Å². The fourth-order valence-corrected chi connectivity index (χ4v) is 3.89. The lowest BCUT2D eigenvalue weighted by Crippen LogP contribution is -2.18. The first-order valence-electron chi connectivity index (χ1n) is 7.15. The predicted octanol–water partition coefficient (Wildman–Crippen LogP) is 5.41. The molecule has 1 unspecified atom stereocenters. The number of thiazole rings is 1. The van der Waals surface area contributed by atoms with Crippen molar-refractivity contribution in [2.75, 3.05) is 6.54 Å². The van der Waals surface area contributed by atoms with Gasteiger partial charge in [0, 0.05) is 27.4 Å². The van der Waals surface area contributed by atoms with E-state index in [1.165, 1.54) is 4.88 Å². The minimum atomic E-state index is 0.331. The van der Waals surface area contributed by atoms with Gasteiger partial charge in [-0.05, 0) is 44.5 Å². The van der Waals surface area contributed by atoms with Gasteiger partial charge >= 0.3 is 0 Å². The van der Waals surface area contributed by atoms with Gasteiger partial charge in [-0.3, -0.25) is 0 Å². The van der Waals surface area contributed by atoms with Gasteiger partial charge in [0.1, 0.15) is 0 Å². The average molecular weight is 343 g/mol. The molecule has 0 spiro atoms. The average Bonchev–Trinajstić information content (AvgIpc) is 2.81. The molecule has 0 radical (unpaired) electrons. The monoisotopic (exact) mass is 342 g/mol. The van der Waals surface area contributed by atoms with Gasteiger partial charge in [-0.25, -0.2) is 4.98 Å². The van der Waals surface area contributed by atoms with Crippen molar-refractivity contribution in [3.05, 3.63) is 49.4 Å². The summed E-state index contributed by atoms with van der Waals surface area (Å²) in [6.45, 7) is 7.43. The summed E-state index contributed by atoms with van der Waals surface area (Å²) in [4.78, 5) is 5.97. The third-order valence-electron chi connectivity index (χ3n) is 3.36. The Bertz CT molecular complexity index is 590. The number of benzene rings is 1. The van der Waals surface area contributed by atoms with Gasteiger partial charge < -0.3 is 5.32 Å². The maximum absolute atomic E-state index is 6.24. The molecule has 0 saturated carbocycles. The van der Waals surface area contributed by atoms with Crippen LogP contribution >= 0.6 is 34.5 Å². The zero-order valence-electron chi connectivity index (χ0n) is 12.5. The Hall–Kier alpha value is -0.610. The van der Waals surface area contributed by atoms with Crippen LogP contribution in [0.5, 0.6) is 0 Å². The molecule has 2 aromatic rings. The van der Waals surface area contributed by atoms with Crippen LogP contribution in [0.4, 0.5) is 0 Å². The summed E-state index contributed by atoms with van der Waals surface area (Å²) in [7, 11) is 0. The Balaban J connectivity index is 2.19. The molecule has 1 heterocycles. The molecule has 0 bridgehead atoms. The van der Waals surface area contributed by atoms with Gasteiger partial charge in [-0.2, -0.15) is 0 Å². The molecular weight excluding hydrogens is 323 g/mol. The van der Waals surface area contributed by atoms with Gasteiger partial charge in [0.05, 0.1) is 10.7 Å². The fraction of sp³-hybridized carbons (Fsp3) is 0.438. The van der Waals surface area contributed by atoms with E-state index in [-0.39, 0.29) is 0 Å². The molecule has 2 rings (SSSR count). The quantitative estimate of drug-likeness (QED) is 0.759. The molecule has 0 aliphatic carbocycles. The number of nitrogens with zero attached hydrogens (tertiary/aromatic N) is 1. The van der Waals surface area contributed by atoms with Crippen molar-refractivity contribution in [1.82, 2.24) is 10.3 Å². The molecular formula is C16H20Cl2N2S. The first kappa shape index (κ1) is 16.8. The highest BCUT2D eigenvalue weighted by Gasteiger charge is 2.15. The summed E-state index contributed by atoms with van der Waals surface area (Å²) in [6.07, 6.45) is 1.81. The Morgan fingerprint density at radius 2 is 1.95 bits per heavy atom. The fourth-order valence-electron chi connectivity index (χ4n) is 2.25. The van der Waals surface area contributed by atoms with E-state index in [0.29, 0.717) is 22.5 Å². The molecule has 1 aromatic carbocycles.